The molecule has 0 N–H and O–H groups in total. The maximum absolute atomic E-state index is 5.86. The van der Waals surface area contributed by atoms with Crippen molar-refractivity contribution in [3.8, 4) is 5.75 Å². The molecule has 1 aromatic rings. The number of hydrogen-bond donors (Lipinski definition) is 0. The van der Waals surface area contributed by atoms with Gasteiger partial charge in [-0.05, 0) is 6.92 Å². The van der Waals surface area contributed by atoms with Crippen molar-refractivity contribution >= 4 is 17.4 Å². The molecule has 0 fully saturated rings. The fourth-order valence-corrected chi connectivity index (χ4v) is 1.55. The molecule has 0 atom stereocenters. The van der Waals surface area contributed by atoms with Gasteiger partial charge in [-0.1, -0.05) is 11.6 Å². The highest BCUT2D eigenvalue weighted by molar-refractivity contribution is 6.31. The second-order valence-corrected chi connectivity index (χ2v) is 3.10. The van der Waals surface area contributed by atoms with Crippen molar-refractivity contribution in [1.82, 2.24) is 9.97 Å². The lowest BCUT2D eigenvalue weighted by Gasteiger charge is -2.28. The van der Waals surface area contributed by atoms with Crippen LogP contribution in [0.3, 0.4) is 0 Å². The van der Waals surface area contributed by atoms with Crippen molar-refractivity contribution in [3.63, 3.8) is 0 Å². The SMILES string of the molecule is CCN1CCOc2c(Cl)ncnc21. The number of rotatable bonds is 1. The van der Waals surface area contributed by atoms with Crippen LogP contribution in [0.25, 0.3) is 0 Å². The molecule has 0 bridgehead atoms. The van der Waals surface area contributed by atoms with E-state index in [0.717, 1.165) is 18.9 Å². The van der Waals surface area contributed by atoms with Crippen LogP contribution in [-0.4, -0.2) is 29.7 Å². The Labute approximate surface area is 81.5 Å². The number of fused-ring (bicyclic) bond motifs is 1. The predicted molar refractivity (Wildman–Crippen MR) is 50.4 cm³/mol. The fourth-order valence-electron chi connectivity index (χ4n) is 1.36. The van der Waals surface area contributed by atoms with Crippen molar-refractivity contribution in [2.75, 3.05) is 24.6 Å². The first-order valence-electron chi connectivity index (χ1n) is 4.21. The highest BCUT2D eigenvalue weighted by atomic mass is 35.5. The van der Waals surface area contributed by atoms with Crippen LogP contribution < -0.4 is 9.64 Å². The van der Waals surface area contributed by atoms with E-state index in [4.69, 9.17) is 16.3 Å². The molecule has 2 heterocycles. The summed E-state index contributed by atoms with van der Waals surface area (Å²) in [6.07, 6.45) is 1.46. The molecular weight excluding hydrogens is 190 g/mol. The standard InChI is InChI=1S/C8H10ClN3O/c1-2-12-3-4-13-6-7(9)10-5-11-8(6)12/h5H,2-4H2,1H3. The van der Waals surface area contributed by atoms with Crippen molar-refractivity contribution in [2.45, 2.75) is 6.92 Å². The van der Waals surface area contributed by atoms with Crippen LogP contribution in [0, 0.1) is 0 Å². The molecule has 0 saturated heterocycles. The van der Waals surface area contributed by atoms with Crippen LogP contribution in [0.15, 0.2) is 6.33 Å². The highest BCUT2D eigenvalue weighted by Gasteiger charge is 2.20. The van der Waals surface area contributed by atoms with Gasteiger partial charge in [0.1, 0.15) is 12.9 Å². The lowest BCUT2D eigenvalue weighted by Crippen LogP contribution is -2.33. The summed E-state index contributed by atoms with van der Waals surface area (Å²) in [5, 5.41) is 0.392. The molecule has 4 nitrogen and oxygen atoms in total. The van der Waals surface area contributed by atoms with E-state index in [0.29, 0.717) is 17.5 Å². The van der Waals surface area contributed by atoms with Crippen LogP contribution in [0.1, 0.15) is 6.92 Å². The van der Waals surface area contributed by atoms with E-state index in [1.54, 1.807) is 0 Å². The predicted octanol–water partition coefficient (Wildman–Crippen LogP) is 1.35. The summed E-state index contributed by atoms with van der Waals surface area (Å²) in [5.74, 6) is 1.41. The normalized spacial score (nSPS) is 15.1. The van der Waals surface area contributed by atoms with Crippen molar-refractivity contribution in [3.05, 3.63) is 11.5 Å². The Bertz CT molecular complexity index is 318. The summed E-state index contributed by atoms with van der Waals surface area (Å²) < 4.78 is 5.39. The van der Waals surface area contributed by atoms with Crippen molar-refractivity contribution in [1.29, 1.82) is 0 Å². The van der Waals surface area contributed by atoms with Gasteiger partial charge in [-0.15, -0.1) is 0 Å². The number of nitrogens with zero attached hydrogens (tertiary/aromatic N) is 3. The lowest BCUT2D eigenvalue weighted by molar-refractivity contribution is 0.304. The minimum absolute atomic E-state index is 0.392. The van der Waals surface area contributed by atoms with Gasteiger partial charge < -0.3 is 9.64 Å². The maximum Gasteiger partial charge on any atom is 0.199 e. The Hall–Kier alpha value is -1.03. The molecule has 1 aliphatic heterocycles. The molecule has 0 amide bonds. The molecule has 70 valence electrons. The van der Waals surface area contributed by atoms with E-state index in [1.165, 1.54) is 6.33 Å². The summed E-state index contributed by atoms with van der Waals surface area (Å²) in [4.78, 5) is 10.1. The first kappa shape index (κ1) is 8.56. The van der Waals surface area contributed by atoms with Crippen LogP contribution in [0.4, 0.5) is 5.82 Å². The molecule has 0 aromatic carbocycles. The zero-order valence-electron chi connectivity index (χ0n) is 7.33. The van der Waals surface area contributed by atoms with Crippen LogP contribution in [0.5, 0.6) is 5.75 Å². The van der Waals surface area contributed by atoms with Gasteiger partial charge in [0.15, 0.2) is 16.7 Å². The molecular formula is C8H10ClN3O. The maximum atomic E-state index is 5.86. The fraction of sp³-hybridized carbons (Fsp3) is 0.500. The topological polar surface area (TPSA) is 38.2 Å². The molecule has 1 aliphatic rings. The Kier molecular flexibility index (Phi) is 2.22. The summed E-state index contributed by atoms with van der Waals surface area (Å²) in [7, 11) is 0. The third-order valence-corrected chi connectivity index (χ3v) is 2.30. The summed E-state index contributed by atoms with van der Waals surface area (Å²) >= 11 is 5.86. The van der Waals surface area contributed by atoms with E-state index in [9.17, 15) is 0 Å². The first-order chi connectivity index (χ1) is 6.33. The van der Waals surface area contributed by atoms with Gasteiger partial charge in [0.05, 0.1) is 6.54 Å². The van der Waals surface area contributed by atoms with Gasteiger partial charge in [0.2, 0.25) is 0 Å². The van der Waals surface area contributed by atoms with Gasteiger partial charge in [0, 0.05) is 6.54 Å². The lowest BCUT2D eigenvalue weighted by atomic mass is 10.4. The molecule has 0 saturated carbocycles. The first-order valence-corrected chi connectivity index (χ1v) is 4.59. The number of aromatic nitrogens is 2. The Morgan fingerprint density at radius 3 is 3.23 bits per heavy atom. The Morgan fingerprint density at radius 2 is 2.46 bits per heavy atom. The second kappa shape index (κ2) is 3.38. The third-order valence-electron chi connectivity index (χ3n) is 2.03. The van der Waals surface area contributed by atoms with E-state index in [1.807, 2.05) is 0 Å². The van der Waals surface area contributed by atoms with E-state index < -0.39 is 0 Å². The van der Waals surface area contributed by atoms with Gasteiger partial charge in [-0.2, -0.15) is 0 Å². The monoisotopic (exact) mass is 199 g/mol. The minimum Gasteiger partial charge on any atom is -0.485 e. The average molecular weight is 200 g/mol. The molecule has 5 heteroatoms. The van der Waals surface area contributed by atoms with Gasteiger partial charge >= 0.3 is 0 Å². The number of ether oxygens (including phenoxy) is 1. The van der Waals surface area contributed by atoms with Crippen LogP contribution in [0.2, 0.25) is 5.15 Å². The molecule has 0 radical (unpaired) electrons. The molecule has 1 aromatic heterocycles. The minimum atomic E-state index is 0.392. The third kappa shape index (κ3) is 1.42. The number of hydrogen-bond acceptors (Lipinski definition) is 4. The second-order valence-electron chi connectivity index (χ2n) is 2.75. The Morgan fingerprint density at radius 1 is 1.62 bits per heavy atom. The van der Waals surface area contributed by atoms with Gasteiger partial charge in [0.25, 0.3) is 0 Å². The molecule has 0 unspecified atom stereocenters. The number of halogens is 1. The quantitative estimate of drug-likeness (QED) is 0.640. The zero-order valence-corrected chi connectivity index (χ0v) is 8.08. The van der Waals surface area contributed by atoms with Crippen LogP contribution >= 0.6 is 11.6 Å². The highest BCUT2D eigenvalue weighted by Crippen LogP contribution is 2.33. The molecule has 0 aliphatic carbocycles. The van der Waals surface area contributed by atoms with Crippen LogP contribution in [-0.2, 0) is 0 Å². The van der Waals surface area contributed by atoms with Crippen molar-refractivity contribution < 1.29 is 4.74 Å². The van der Waals surface area contributed by atoms with Gasteiger partial charge in [-0.25, -0.2) is 9.97 Å². The van der Waals surface area contributed by atoms with Gasteiger partial charge in [-0.3, -0.25) is 0 Å². The largest absolute Gasteiger partial charge is 0.485 e. The van der Waals surface area contributed by atoms with E-state index in [-0.39, 0.29) is 0 Å². The summed E-state index contributed by atoms with van der Waals surface area (Å²) in [5.41, 5.74) is 0. The number of likely N-dealkylation sites (N-methyl/N-ethyl adjacent to an activating group) is 1. The molecule has 0 spiro atoms. The number of anilines is 1. The average Bonchev–Trinajstić information content (AvgIpc) is 2.18. The zero-order chi connectivity index (χ0) is 9.26. The smallest absolute Gasteiger partial charge is 0.199 e. The van der Waals surface area contributed by atoms with Crippen molar-refractivity contribution in [2.24, 2.45) is 0 Å². The molecule has 2 rings (SSSR count). The summed E-state index contributed by atoms with van der Waals surface area (Å²) in [6.45, 7) is 4.49. The molecule has 13 heavy (non-hydrogen) atoms. The Balaban J connectivity index is 2.45. The van der Waals surface area contributed by atoms with E-state index >= 15 is 0 Å². The van der Waals surface area contributed by atoms with E-state index in [2.05, 4.69) is 21.8 Å². The summed E-state index contributed by atoms with van der Waals surface area (Å²) in [6, 6.07) is 0.